The number of hydrogen-bond donors (Lipinski definition) is 2. The van der Waals surface area contributed by atoms with Crippen LogP contribution in [0.3, 0.4) is 0 Å². The molecule has 0 saturated heterocycles. The fourth-order valence-corrected chi connectivity index (χ4v) is 3.48. The highest BCUT2D eigenvalue weighted by Crippen LogP contribution is 2.20. The van der Waals surface area contributed by atoms with Crippen LogP contribution in [-0.2, 0) is 10.0 Å². The van der Waals surface area contributed by atoms with Gasteiger partial charge in [-0.05, 0) is 36.8 Å². The Labute approximate surface area is 153 Å². The summed E-state index contributed by atoms with van der Waals surface area (Å²) in [6, 6.07) is 14.1. The molecule has 0 saturated carbocycles. The maximum Gasteiger partial charge on any atom is 0.261 e. The summed E-state index contributed by atoms with van der Waals surface area (Å²) in [7, 11) is -3.91. The number of benzene rings is 2. The van der Waals surface area contributed by atoms with E-state index in [4.69, 9.17) is 5.26 Å². The third-order valence-electron chi connectivity index (χ3n) is 3.76. The van der Waals surface area contributed by atoms with Crippen LogP contribution in [0, 0.1) is 11.3 Å². The average Bonchev–Trinajstić information content (AvgIpc) is 2.65. The maximum atomic E-state index is 12.6. The molecule has 0 unspecified atom stereocenters. The van der Waals surface area contributed by atoms with Crippen LogP contribution in [0.2, 0.25) is 0 Å². The number of amides is 1. The predicted octanol–water partition coefficient (Wildman–Crippen LogP) is 3.28. The summed E-state index contributed by atoms with van der Waals surface area (Å²) in [5, 5.41) is 11.9. The first-order chi connectivity index (χ1) is 12.5. The van der Waals surface area contributed by atoms with Crippen LogP contribution in [0.1, 0.15) is 42.1 Å². The number of nitrogens with zero attached hydrogens (tertiary/aromatic N) is 1. The van der Waals surface area contributed by atoms with Crippen molar-refractivity contribution < 1.29 is 13.2 Å². The van der Waals surface area contributed by atoms with E-state index >= 15 is 0 Å². The second-order valence-corrected chi connectivity index (χ2v) is 7.44. The van der Waals surface area contributed by atoms with Gasteiger partial charge in [-0.25, -0.2) is 8.42 Å². The molecule has 1 amide bonds. The molecule has 0 radical (unpaired) electrons. The third kappa shape index (κ3) is 5.07. The molecule has 0 aliphatic heterocycles. The van der Waals surface area contributed by atoms with Crippen LogP contribution >= 0.6 is 0 Å². The van der Waals surface area contributed by atoms with Gasteiger partial charge in [0, 0.05) is 12.1 Å². The molecule has 0 aliphatic carbocycles. The van der Waals surface area contributed by atoms with Crippen molar-refractivity contribution in [2.75, 3.05) is 11.3 Å². The molecule has 0 heterocycles. The van der Waals surface area contributed by atoms with E-state index in [0.717, 1.165) is 19.3 Å². The summed E-state index contributed by atoms with van der Waals surface area (Å²) < 4.78 is 27.6. The van der Waals surface area contributed by atoms with Crippen molar-refractivity contribution in [3.63, 3.8) is 0 Å². The number of carbonyl (C=O) groups excluding carboxylic acids is 1. The number of anilines is 1. The highest BCUT2D eigenvalue weighted by atomic mass is 32.2. The summed E-state index contributed by atoms with van der Waals surface area (Å²) in [6.07, 6.45) is 2.96. The number of rotatable bonds is 8. The molecule has 0 aromatic heterocycles. The van der Waals surface area contributed by atoms with Gasteiger partial charge in [0.25, 0.3) is 15.9 Å². The van der Waals surface area contributed by atoms with Crippen molar-refractivity contribution in [3.8, 4) is 6.07 Å². The SMILES string of the molecule is CCCCCNC(=O)c1cccc(S(=O)(=O)Nc2ccccc2C#N)c1. The van der Waals surface area contributed by atoms with Gasteiger partial charge < -0.3 is 5.32 Å². The topological polar surface area (TPSA) is 99.1 Å². The minimum absolute atomic E-state index is 0.0357. The number of unbranched alkanes of at least 4 members (excludes halogenated alkanes) is 2. The lowest BCUT2D eigenvalue weighted by Crippen LogP contribution is -2.24. The number of nitriles is 1. The lowest BCUT2D eigenvalue weighted by atomic mass is 10.2. The fraction of sp³-hybridized carbons (Fsp3) is 0.263. The first-order valence-corrected chi connectivity index (χ1v) is 9.86. The van der Waals surface area contributed by atoms with Gasteiger partial charge in [0.15, 0.2) is 0 Å². The minimum atomic E-state index is -3.91. The van der Waals surface area contributed by atoms with Gasteiger partial charge in [-0.3, -0.25) is 9.52 Å². The molecule has 2 aromatic rings. The Morgan fingerprint density at radius 3 is 2.62 bits per heavy atom. The monoisotopic (exact) mass is 371 g/mol. The molecule has 2 aromatic carbocycles. The third-order valence-corrected chi connectivity index (χ3v) is 5.13. The largest absolute Gasteiger partial charge is 0.352 e. The summed E-state index contributed by atoms with van der Waals surface area (Å²) in [5.74, 6) is -0.310. The summed E-state index contributed by atoms with van der Waals surface area (Å²) >= 11 is 0. The van der Waals surface area contributed by atoms with Gasteiger partial charge in [0.05, 0.1) is 16.1 Å². The fourth-order valence-electron chi connectivity index (χ4n) is 2.36. The van der Waals surface area contributed by atoms with Gasteiger partial charge in [0.2, 0.25) is 0 Å². The quantitative estimate of drug-likeness (QED) is 0.696. The van der Waals surface area contributed by atoms with Crippen LogP contribution in [0.4, 0.5) is 5.69 Å². The molecule has 2 N–H and O–H groups in total. The summed E-state index contributed by atoms with van der Waals surface area (Å²) in [4.78, 5) is 12.1. The maximum absolute atomic E-state index is 12.6. The second kappa shape index (κ2) is 9.02. The smallest absolute Gasteiger partial charge is 0.261 e. The van der Waals surface area contributed by atoms with Gasteiger partial charge in [0.1, 0.15) is 6.07 Å². The first kappa shape index (κ1) is 19.5. The molecular weight excluding hydrogens is 350 g/mol. The normalized spacial score (nSPS) is 10.8. The molecular formula is C19H21N3O3S. The van der Waals surface area contributed by atoms with E-state index in [-0.39, 0.29) is 27.6 Å². The molecule has 7 heteroatoms. The Balaban J connectivity index is 2.17. The molecule has 0 spiro atoms. The van der Waals surface area contributed by atoms with Crippen molar-refractivity contribution in [1.82, 2.24) is 5.32 Å². The van der Waals surface area contributed by atoms with Crippen molar-refractivity contribution in [2.24, 2.45) is 0 Å². The number of carbonyl (C=O) groups is 1. The lowest BCUT2D eigenvalue weighted by Gasteiger charge is -2.11. The summed E-state index contributed by atoms with van der Waals surface area (Å²) in [5.41, 5.74) is 0.697. The van der Waals surface area contributed by atoms with Gasteiger partial charge in [-0.1, -0.05) is 38.0 Å². The first-order valence-electron chi connectivity index (χ1n) is 8.38. The summed E-state index contributed by atoms with van der Waals surface area (Å²) in [6.45, 7) is 2.63. The zero-order valence-corrected chi connectivity index (χ0v) is 15.3. The van der Waals surface area contributed by atoms with E-state index < -0.39 is 10.0 Å². The number of sulfonamides is 1. The van der Waals surface area contributed by atoms with E-state index in [1.165, 1.54) is 30.3 Å². The molecule has 0 bridgehead atoms. The highest BCUT2D eigenvalue weighted by molar-refractivity contribution is 7.92. The Bertz CT molecular complexity index is 918. The zero-order valence-electron chi connectivity index (χ0n) is 14.5. The highest BCUT2D eigenvalue weighted by Gasteiger charge is 2.17. The van der Waals surface area contributed by atoms with Crippen LogP contribution in [0.25, 0.3) is 0 Å². The molecule has 0 fully saturated rings. The Hall–Kier alpha value is -2.85. The van der Waals surface area contributed by atoms with Crippen molar-refractivity contribution in [1.29, 1.82) is 5.26 Å². The number of hydrogen-bond acceptors (Lipinski definition) is 4. The molecule has 26 heavy (non-hydrogen) atoms. The Morgan fingerprint density at radius 1 is 1.12 bits per heavy atom. The standard InChI is InChI=1S/C19H21N3O3S/c1-2-3-6-12-21-19(23)15-9-7-10-17(13-15)26(24,25)22-18-11-5-4-8-16(18)14-20/h4-5,7-11,13,22H,2-3,6,12H2,1H3,(H,21,23). The number of nitrogens with one attached hydrogen (secondary N) is 2. The Morgan fingerprint density at radius 2 is 1.88 bits per heavy atom. The van der Waals surface area contributed by atoms with Crippen molar-refractivity contribution in [2.45, 2.75) is 31.1 Å². The molecule has 2 rings (SSSR count). The average molecular weight is 371 g/mol. The van der Waals surface area contributed by atoms with Crippen LogP contribution in [-0.4, -0.2) is 20.9 Å². The van der Waals surface area contributed by atoms with E-state index in [1.54, 1.807) is 18.2 Å². The molecule has 0 aliphatic rings. The van der Waals surface area contributed by atoms with Crippen LogP contribution in [0.15, 0.2) is 53.4 Å². The number of para-hydroxylation sites is 1. The van der Waals surface area contributed by atoms with E-state index in [9.17, 15) is 13.2 Å². The van der Waals surface area contributed by atoms with Crippen LogP contribution in [0.5, 0.6) is 0 Å². The Kier molecular flexibility index (Phi) is 6.75. The molecule has 6 nitrogen and oxygen atoms in total. The predicted molar refractivity (Wildman–Crippen MR) is 100 cm³/mol. The zero-order chi connectivity index (χ0) is 19.0. The van der Waals surface area contributed by atoms with Crippen LogP contribution < -0.4 is 10.0 Å². The van der Waals surface area contributed by atoms with Gasteiger partial charge >= 0.3 is 0 Å². The van der Waals surface area contributed by atoms with E-state index in [1.807, 2.05) is 6.07 Å². The minimum Gasteiger partial charge on any atom is -0.352 e. The van der Waals surface area contributed by atoms with E-state index in [2.05, 4.69) is 17.0 Å². The molecule has 0 atom stereocenters. The van der Waals surface area contributed by atoms with E-state index in [0.29, 0.717) is 6.54 Å². The van der Waals surface area contributed by atoms with Crippen molar-refractivity contribution >= 4 is 21.6 Å². The van der Waals surface area contributed by atoms with Crippen molar-refractivity contribution in [3.05, 3.63) is 59.7 Å². The van der Waals surface area contributed by atoms with Gasteiger partial charge in [-0.15, -0.1) is 0 Å². The molecule has 136 valence electrons. The lowest BCUT2D eigenvalue weighted by molar-refractivity contribution is 0.0952. The second-order valence-electron chi connectivity index (χ2n) is 5.75. The van der Waals surface area contributed by atoms with Gasteiger partial charge in [-0.2, -0.15) is 5.26 Å².